The maximum Gasteiger partial charge on any atom is 0.219 e. The highest BCUT2D eigenvalue weighted by Gasteiger charge is 2.20. The molecule has 0 aromatic heterocycles. The van der Waals surface area contributed by atoms with Crippen molar-refractivity contribution in [2.75, 3.05) is 36.8 Å². The van der Waals surface area contributed by atoms with Crippen LogP contribution in [-0.4, -0.2) is 37.0 Å². The predicted octanol–water partition coefficient (Wildman–Crippen LogP) is 0.809. The second-order valence-electron chi connectivity index (χ2n) is 4.34. The lowest BCUT2D eigenvalue weighted by Crippen LogP contribution is -2.48. The number of nitrogens with zero attached hydrogens (tertiary/aromatic N) is 3. The van der Waals surface area contributed by atoms with Crippen LogP contribution in [-0.2, 0) is 4.79 Å². The van der Waals surface area contributed by atoms with Gasteiger partial charge in [-0.05, 0) is 12.1 Å². The Morgan fingerprint density at radius 1 is 1.33 bits per heavy atom. The van der Waals surface area contributed by atoms with Gasteiger partial charge in [-0.15, -0.1) is 0 Å². The molecule has 0 saturated carbocycles. The molecule has 5 nitrogen and oxygen atoms in total. The summed E-state index contributed by atoms with van der Waals surface area (Å²) in [4.78, 5) is 15.2. The van der Waals surface area contributed by atoms with E-state index < -0.39 is 0 Å². The molecule has 1 amide bonds. The van der Waals surface area contributed by atoms with Gasteiger partial charge in [0, 0.05) is 33.1 Å². The van der Waals surface area contributed by atoms with Crippen molar-refractivity contribution in [3.63, 3.8) is 0 Å². The summed E-state index contributed by atoms with van der Waals surface area (Å²) < 4.78 is 0. The predicted molar refractivity (Wildman–Crippen MR) is 70.0 cm³/mol. The number of nitriles is 1. The lowest BCUT2D eigenvalue weighted by molar-refractivity contribution is -0.129. The zero-order chi connectivity index (χ0) is 13.1. The Hall–Kier alpha value is -2.22. The highest BCUT2D eigenvalue weighted by atomic mass is 16.2. The van der Waals surface area contributed by atoms with Crippen LogP contribution in [0.4, 0.5) is 11.4 Å². The summed E-state index contributed by atoms with van der Waals surface area (Å²) >= 11 is 0. The largest absolute Gasteiger partial charge is 0.396 e. The van der Waals surface area contributed by atoms with Gasteiger partial charge in [-0.1, -0.05) is 6.07 Å². The molecule has 5 heteroatoms. The molecule has 2 N–H and O–H groups in total. The minimum absolute atomic E-state index is 0.105. The van der Waals surface area contributed by atoms with Crippen LogP contribution in [0.2, 0.25) is 0 Å². The number of benzene rings is 1. The van der Waals surface area contributed by atoms with Crippen molar-refractivity contribution in [1.82, 2.24) is 4.90 Å². The molecule has 2 rings (SSSR count). The molecule has 0 aliphatic carbocycles. The van der Waals surface area contributed by atoms with Gasteiger partial charge in [0.15, 0.2) is 0 Å². The first-order valence-corrected chi connectivity index (χ1v) is 5.92. The first-order chi connectivity index (χ1) is 8.63. The van der Waals surface area contributed by atoms with E-state index in [1.165, 1.54) is 0 Å². The van der Waals surface area contributed by atoms with E-state index >= 15 is 0 Å². The summed E-state index contributed by atoms with van der Waals surface area (Å²) in [5.74, 6) is 0.105. The van der Waals surface area contributed by atoms with Crippen LogP contribution >= 0.6 is 0 Å². The van der Waals surface area contributed by atoms with Crippen LogP contribution in [0.25, 0.3) is 0 Å². The van der Waals surface area contributed by atoms with Gasteiger partial charge >= 0.3 is 0 Å². The maximum atomic E-state index is 11.2. The molecule has 1 aliphatic heterocycles. The Balaban J connectivity index is 2.15. The Bertz CT molecular complexity index is 498. The van der Waals surface area contributed by atoms with Crippen LogP contribution in [0.15, 0.2) is 18.2 Å². The molecule has 1 fully saturated rings. The van der Waals surface area contributed by atoms with Gasteiger partial charge in [0.05, 0.1) is 16.9 Å². The van der Waals surface area contributed by atoms with E-state index in [1.807, 2.05) is 17.0 Å². The molecule has 0 radical (unpaired) electrons. The first-order valence-electron chi connectivity index (χ1n) is 5.92. The van der Waals surface area contributed by atoms with Crippen LogP contribution < -0.4 is 10.6 Å². The number of carbonyl (C=O) groups excluding carboxylic acids is 1. The van der Waals surface area contributed by atoms with Crippen LogP contribution in [0, 0.1) is 11.3 Å². The van der Waals surface area contributed by atoms with Gasteiger partial charge in [-0.3, -0.25) is 4.79 Å². The van der Waals surface area contributed by atoms with E-state index in [2.05, 4.69) is 11.0 Å². The molecule has 18 heavy (non-hydrogen) atoms. The van der Waals surface area contributed by atoms with E-state index in [9.17, 15) is 4.79 Å². The zero-order valence-electron chi connectivity index (χ0n) is 10.4. The number of para-hydroxylation sites is 1. The van der Waals surface area contributed by atoms with E-state index in [1.54, 1.807) is 13.0 Å². The fourth-order valence-corrected chi connectivity index (χ4v) is 2.19. The molecule has 0 spiro atoms. The lowest BCUT2D eigenvalue weighted by atomic mass is 10.1. The zero-order valence-corrected chi connectivity index (χ0v) is 10.4. The summed E-state index contributed by atoms with van der Waals surface area (Å²) in [5.41, 5.74) is 7.89. The quantitative estimate of drug-likeness (QED) is 0.742. The van der Waals surface area contributed by atoms with Crippen LogP contribution in [0.1, 0.15) is 12.5 Å². The fraction of sp³-hybridized carbons (Fsp3) is 0.385. The molecule has 94 valence electrons. The van der Waals surface area contributed by atoms with Gasteiger partial charge < -0.3 is 15.5 Å². The second-order valence-corrected chi connectivity index (χ2v) is 4.34. The normalized spacial score (nSPS) is 15.3. The molecule has 1 saturated heterocycles. The van der Waals surface area contributed by atoms with E-state index in [0.29, 0.717) is 24.3 Å². The van der Waals surface area contributed by atoms with Crippen molar-refractivity contribution >= 4 is 17.3 Å². The van der Waals surface area contributed by atoms with Gasteiger partial charge in [0.25, 0.3) is 0 Å². The van der Waals surface area contributed by atoms with Gasteiger partial charge in [0.2, 0.25) is 5.91 Å². The maximum absolute atomic E-state index is 11.2. The monoisotopic (exact) mass is 244 g/mol. The number of hydrogen-bond donors (Lipinski definition) is 1. The summed E-state index contributed by atoms with van der Waals surface area (Å²) in [5, 5.41) is 8.95. The van der Waals surface area contributed by atoms with Crippen LogP contribution in [0.5, 0.6) is 0 Å². The summed E-state index contributed by atoms with van der Waals surface area (Å²) in [7, 11) is 0. The van der Waals surface area contributed by atoms with E-state index in [0.717, 1.165) is 18.8 Å². The summed E-state index contributed by atoms with van der Waals surface area (Å²) in [6.45, 7) is 4.48. The van der Waals surface area contributed by atoms with Crippen molar-refractivity contribution < 1.29 is 4.79 Å². The average molecular weight is 244 g/mol. The van der Waals surface area contributed by atoms with E-state index in [4.69, 9.17) is 11.0 Å². The number of amides is 1. The number of nitrogens with two attached hydrogens (primary N) is 1. The number of anilines is 2. The molecule has 0 unspecified atom stereocenters. The Morgan fingerprint density at radius 3 is 2.56 bits per heavy atom. The Kier molecular flexibility index (Phi) is 3.38. The molecule has 1 aliphatic rings. The lowest BCUT2D eigenvalue weighted by Gasteiger charge is -2.36. The number of piperazine rings is 1. The topological polar surface area (TPSA) is 73.4 Å². The number of hydrogen-bond acceptors (Lipinski definition) is 4. The minimum atomic E-state index is 0.105. The van der Waals surface area contributed by atoms with Crippen molar-refractivity contribution in [1.29, 1.82) is 5.26 Å². The Labute approximate surface area is 106 Å². The summed E-state index contributed by atoms with van der Waals surface area (Å²) in [6.07, 6.45) is 0. The third-order valence-electron chi connectivity index (χ3n) is 3.27. The number of nitrogen functional groups attached to an aromatic ring is 1. The summed E-state index contributed by atoms with van der Waals surface area (Å²) in [6, 6.07) is 7.55. The van der Waals surface area contributed by atoms with E-state index in [-0.39, 0.29) is 5.91 Å². The molecule has 1 aromatic rings. The van der Waals surface area contributed by atoms with Crippen molar-refractivity contribution in [3.8, 4) is 6.07 Å². The third-order valence-corrected chi connectivity index (χ3v) is 3.27. The number of rotatable bonds is 1. The van der Waals surface area contributed by atoms with Gasteiger partial charge in [-0.2, -0.15) is 5.26 Å². The number of carbonyl (C=O) groups is 1. The second kappa shape index (κ2) is 4.96. The van der Waals surface area contributed by atoms with Crippen molar-refractivity contribution in [2.45, 2.75) is 6.92 Å². The van der Waals surface area contributed by atoms with Crippen molar-refractivity contribution in [2.24, 2.45) is 0 Å². The molecule has 0 bridgehead atoms. The smallest absolute Gasteiger partial charge is 0.219 e. The first kappa shape index (κ1) is 12.2. The molecular formula is C13H16N4O. The molecule has 1 aromatic carbocycles. The standard InChI is InChI=1S/C13H16N4O/c1-10(18)16-5-7-17(8-6-16)12-4-2-3-11(9-14)13(12)15/h2-4H,5-8,15H2,1H3. The molecule has 0 atom stereocenters. The highest BCUT2D eigenvalue weighted by Crippen LogP contribution is 2.27. The van der Waals surface area contributed by atoms with Crippen LogP contribution in [0.3, 0.4) is 0 Å². The minimum Gasteiger partial charge on any atom is -0.396 e. The molecule has 1 heterocycles. The fourth-order valence-electron chi connectivity index (χ4n) is 2.19. The van der Waals surface area contributed by atoms with Crippen molar-refractivity contribution in [3.05, 3.63) is 23.8 Å². The third kappa shape index (κ3) is 2.23. The molecular weight excluding hydrogens is 228 g/mol. The Morgan fingerprint density at radius 2 is 2.00 bits per heavy atom. The van der Waals surface area contributed by atoms with Gasteiger partial charge in [-0.25, -0.2) is 0 Å². The highest BCUT2D eigenvalue weighted by molar-refractivity contribution is 5.76. The SMILES string of the molecule is CC(=O)N1CCN(c2cccc(C#N)c2N)CC1. The van der Waals surface area contributed by atoms with Gasteiger partial charge in [0.1, 0.15) is 6.07 Å². The average Bonchev–Trinajstić information content (AvgIpc) is 2.39.